The second kappa shape index (κ2) is 14.3. The van der Waals surface area contributed by atoms with Crippen LogP contribution >= 0.6 is 24.8 Å². The van der Waals surface area contributed by atoms with Crippen molar-refractivity contribution in [2.24, 2.45) is 0 Å². The molecule has 2 rings (SSSR count). The first-order valence-electron chi connectivity index (χ1n) is 3.33. The Balaban J connectivity index is -0.000000125. The molecule has 0 aliphatic heterocycles. The van der Waals surface area contributed by atoms with Gasteiger partial charge in [-0.3, -0.25) is 0 Å². The zero-order valence-electron chi connectivity index (χ0n) is 6.91. The van der Waals surface area contributed by atoms with Crippen LogP contribution in [0.5, 0.6) is 0 Å². The first-order chi connectivity index (χ1) is 5.00. The molecular weight excluding hydrogens is 250 g/mol. The van der Waals surface area contributed by atoms with E-state index in [2.05, 4.69) is 0 Å². The van der Waals surface area contributed by atoms with Crippen LogP contribution in [0.1, 0.15) is 0 Å². The van der Waals surface area contributed by atoms with Gasteiger partial charge in [0.15, 0.2) is 0 Å². The predicted octanol–water partition coefficient (Wildman–Crippen LogP) is 3.65. The van der Waals surface area contributed by atoms with Gasteiger partial charge in [0.25, 0.3) is 0 Å². The largest absolute Gasteiger partial charge is 2.00 e. The van der Waals surface area contributed by atoms with Crippen LogP contribution in [0.25, 0.3) is 0 Å². The summed E-state index contributed by atoms with van der Waals surface area (Å²) in [6.07, 6.45) is 0. The Bertz CT molecular complexity index is 152. The normalized spacial score (nSPS) is 6.15. The molecule has 0 unspecified atom stereocenters. The van der Waals surface area contributed by atoms with Gasteiger partial charge in [-0.25, -0.2) is 24.3 Å². The van der Waals surface area contributed by atoms with Gasteiger partial charge in [0.05, 0.1) is 0 Å². The van der Waals surface area contributed by atoms with E-state index in [1.165, 1.54) is 0 Å². The standard InChI is InChI=1S/2C5H5.2ClH.Ni/c2*1-2-4-5-3-1;;;/h2*1-5H;2*1H;/q2*-1;;;+2. The number of halogens is 2. The summed E-state index contributed by atoms with van der Waals surface area (Å²) < 4.78 is 0. The Kier molecular flexibility index (Phi) is 20.4. The van der Waals surface area contributed by atoms with E-state index in [0.717, 1.165) is 0 Å². The minimum absolute atomic E-state index is 0. The first-order valence-corrected chi connectivity index (χ1v) is 3.33. The maximum atomic E-state index is 2.00. The topological polar surface area (TPSA) is 0 Å². The summed E-state index contributed by atoms with van der Waals surface area (Å²) in [5, 5.41) is 0. The van der Waals surface area contributed by atoms with Crippen molar-refractivity contribution in [2.45, 2.75) is 0 Å². The number of hydrogen-bond donors (Lipinski definition) is 0. The molecule has 0 heterocycles. The maximum absolute atomic E-state index is 2.00. The van der Waals surface area contributed by atoms with Gasteiger partial charge in [0.2, 0.25) is 0 Å². The fourth-order valence-electron chi connectivity index (χ4n) is 0.642. The molecule has 0 amide bonds. The molecular formula is C10H12Cl2Ni. The number of rotatable bonds is 0. The molecule has 0 N–H and O–H groups in total. The van der Waals surface area contributed by atoms with E-state index in [4.69, 9.17) is 0 Å². The van der Waals surface area contributed by atoms with Crippen molar-refractivity contribution in [3.05, 3.63) is 60.7 Å². The molecule has 3 heteroatoms. The molecule has 0 aromatic heterocycles. The van der Waals surface area contributed by atoms with E-state index in [-0.39, 0.29) is 41.3 Å². The number of hydrogen-bond acceptors (Lipinski definition) is 0. The molecule has 0 saturated heterocycles. The van der Waals surface area contributed by atoms with Crippen LogP contribution in [0.3, 0.4) is 0 Å². The van der Waals surface area contributed by atoms with Crippen LogP contribution in [0.15, 0.2) is 60.7 Å². The summed E-state index contributed by atoms with van der Waals surface area (Å²) >= 11 is 0. The Morgan fingerprint density at radius 2 is 0.769 bits per heavy atom. The summed E-state index contributed by atoms with van der Waals surface area (Å²) in [7, 11) is 0. The molecule has 2 aromatic rings. The molecule has 0 aliphatic carbocycles. The van der Waals surface area contributed by atoms with Gasteiger partial charge in [0, 0.05) is 0 Å². The molecule has 0 nitrogen and oxygen atoms in total. The van der Waals surface area contributed by atoms with Crippen LogP contribution in [0, 0.1) is 0 Å². The zero-order chi connectivity index (χ0) is 7.07. The molecule has 2 aromatic carbocycles. The quantitative estimate of drug-likeness (QED) is 0.502. The van der Waals surface area contributed by atoms with Gasteiger partial charge in [-0.15, -0.1) is 24.8 Å². The van der Waals surface area contributed by atoms with Gasteiger partial charge in [-0.1, -0.05) is 0 Å². The summed E-state index contributed by atoms with van der Waals surface area (Å²) in [5.41, 5.74) is 0. The van der Waals surface area contributed by atoms with Crippen LogP contribution in [-0.4, -0.2) is 0 Å². The molecule has 0 spiro atoms. The molecule has 0 aliphatic rings. The average Bonchev–Trinajstić information content (AvgIpc) is 2.67. The molecule has 0 saturated carbocycles. The summed E-state index contributed by atoms with van der Waals surface area (Å²) in [6.45, 7) is 0. The van der Waals surface area contributed by atoms with E-state index in [0.29, 0.717) is 0 Å². The van der Waals surface area contributed by atoms with Crippen LogP contribution in [0.4, 0.5) is 0 Å². The van der Waals surface area contributed by atoms with Gasteiger partial charge >= 0.3 is 16.5 Å². The Hall–Kier alpha value is -0.226. The summed E-state index contributed by atoms with van der Waals surface area (Å²) in [6, 6.07) is 20.0. The van der Waals surface area contributed by atoms with Gasteiger partial charge in [-0.05, 0) is 0 Å². The van der Waals surface area contributed by atoms with Crippen molar-refractivity contribution in [3.63, 3.8) is 0 Å². The van der Waals surface area contributed by atoms with Crippen molar-refractivity contribution in [2.75, 3.05) is 0 Å². The van der Waals surface area contributed by atoms with Crippen LogP contribution in [0.2, 0.25) is 0 Å². The zero-order valence-corrected chi connectivity index (χ0v) is 9.53. The van der Waals surface area contributed by atoms with E-state index in [1.54, 1.807) is 0 Å². The smallest absolute Gasteiger partial charge is 0.214 e. The van der Waals surface area contributed by atoms with Crippen molar-refractivity contribution in [3.8, 4) is 0 Å². The first kappa shape index (κ1) is 18.5. The third kappa shape index (κ3) is 11.8. The van der Waals surface area contributed by atoms with Crippen molar-refractivity contribution in [1.82, 2.24) is 0 Å². The van der Waals surface area contributed by atoms with Gasteiger partial charge in [0.1, 0.15) is 0 Å². The Labute approximate surface area is 102 Å². The molecule has 0 atom stereocenters. The second-order valence-corrected chi connectivity index (χ2v) is 1.92. The molecule has 76 valence electrons. The van der Waals surface area contributed by atoms with Gasteiger partial charge in [-0.2, -0.15) is 36.4 Å². The monoisotopic (exact) mass is 260 g/mol. The van der Waals surface area contributed by atoms with Crippen molar-refractivity contribution in [1.29, 1.82) is 0 Å². The molecule has 0 fully saturated rings. The minimum Gasteiger partial charge on any atom is -0.214 e. The van der Waals surface area contributed by atoms with Crippen LogP contribution < -0.4 is 0 Å². The third-order valence-electron chi connectivity index (χ3n) is 1.11. The van der Waals surface area contributed by atoms with E-state index < -0.39 is 0 Å². The van der Waals surface area contributed by atoms with E-state index >= 15 is 0 Å². The van der Waals surface area contributed by atoms with Crippen molar-refractivity contribution >= 4 is 24.8 Å². The Morgan fingerprint density at radius 3 is 0.846 bits per heavy atom. The predicted molar refractivity (Wildman–Crippen MR) is 58.6 cm³/mol. The maximum Gasteiger partial charge on any atom is 2.00 e. The molecule has 0 bridgehead atoms. The summed E-state index contributed by atoms with van der Waals surface area (Å²) in [4.78, 5) is 0. The molecule has 0 radical (unpaired) electrons. The summed E-state index contributed by atoms with van der Waals surface area (Å²) in [5.74, 6) is 0. The average molecular weight is 262 g/mol. The van der Waals surface area contributed by atoms with Gasteiger partial charge < -0.3 is 0 Å². The van der Waals surface area contributed by atoms with Crippen LogP contribution in [-0.2, 0) is 16.5 Å². The Morgan fingerprint density at radius 1 is 0.538 bits per heavy atom. The SMILES string of the molecule is Cl.Cl.[Ni+2].c1cc[cH-]c1.c1cc[cH-]c1. The van der Waals surface area contributed by atoms with E-state index in [9.17, 15) is 0 Å². The second-order valence-electron chi connectivity index (χ2n) is 1.92. The minimum atomic E-state index is 0. The third-order valence-corrected chi connectivity index (χ3v) is 1.11. The van der Waals surface area contributed by atoms with Crippen molar-refractivity contribution < 1.29 is 16.5 Å². The fourth-order valence-corrected chi connectivity index (χ4v) is 0.642. The van der Waals surface area contributed by atoms with E-state index in [1.807, 2.05) is 60.7 Å². The fraction of sp³-hybridized carbons (Fsp3) is 0. The molecule has 13 heavy (non-hydrogen) atoms.